The first kappa shape index (κ1) is 15.7. The Bertz CT molecular complexity index is 370. The van der Waals surface area contributed by atoms with Crippen molar-refractivity contribution in [2.75, 3.05) is 25.4 Å². The van der Waals surface area contributed by atoms with Gasteiger partial charge in [-0.1, -0.05) is 32.5 Å². The molecule has 0 radical (unpaired) electrons. The van der Waals surface area contributed by atoms with E-state index in [0.29, 0.717) is 12.6 Å². The van der Waals surface area contributed by atoms with E-state index < -0.39 is 0 Å². The molecular weight excluding hydrogens is 270 g/mol. The number of rotatable bonds is 2. The van der Waals surface area contributed by atoms with E-state index in [1.54, 1.807) is 11.8 Å². The zero-order valence-electron chi connectivity index (χ0n) is 12.9. The van der Waals surface area contributed by atoms with Crippen molar-refractivity contribution < 1.29 is 4.79 Å². The molecule has 0 aromatic carbocycles. The van der Waals surface area contributed by atoms with Crippen molar-refractivity contribution in [2.24, 2.45) is 10.4 Å². The summed E-state index contributed by atoms with van der Waals surface area (Å²) in [4.78, 5) is 18.6. The van der Waals surface area contributed by atoms with Gasteiger partial charge in [0.2, 0.25) is 5.91 Å². The minimum absolute atomic E-state index is 0.178. The zero-order chi connectivity index (χ0) is 14.6. The number of thioether (sulfide) groups is 1. The monoisotopic (exact) mass is 297 g/mol. The van der Waals surface area contributed by atoms with Crippen molar-refractivity contribution in [2.45, 2.75) is 52.5 Å². The van der Waals surface area contributed by atoms with Crippen molar-refractivity contribution in [1.29, 1.82) is 0 Å². The number of hydrogen-bond donors (Lipinski definition) is 1. The van der Waals surface area contributed by atoms with E-state index in [9.17, 15) is 4.79 Å². The zero-order valence-corrected chi connectivity index (χ0v) is 13.8. The third kappa shape index (κ3) is 4.40. The van der Waals surface area contributed by atoms with Crippen molar-refractivity contribution in [1.82, 2.24) is 10.2 Å². The molecule has 0 aromatic rings. The van der Waals surface area contributed by atoms with Crippen LogP contribution in [0.2, 0.25) is 0 Å². The van der Waals surface area contributed by atoms with Gasteiger partial charge in [0.1, 0.15) is 6.54 Å². The number of hydrogen-bond acceptors (Lipinski definition) is 3. The minimum atomic E-state index is 0.178. The highest BCUT2D eigenvalue weighted by Gasteiger charge is 2.28. The molecule has 2 rings (SSSR count). The maximum atomic E-state index is 12.1. The standard InChI is InChI=1S/C15H27N3OS/c1-15(2,3)12-7-10-20-14(17-12)16-11-13(19)18-8-5-4-6-9-18/h12H,4-11H2,1-3H3,(H,16,17). The molecule has 2 fully saturated rings. The van der Waals surface area contributed by atoms with Gasteiger partial charge in [-0.25, -0.2) is 0 Å². The second-order valence-electron chi connectivity index (χ2n) is 6.76. The van der Waals surface area contributed by atoms with Crippen LogP contribution in [0.15, 0.2) is 4.99 Å². The van der Waals surface area contributed by atoms with Gasteiger partial charge in [-0.15, -0.1) is 0 Å². The molecule has 2 saturated heterocycles. The van der Waals surface area contributed by atoms with Gasteiger partial charge in [0, 0.05) is 24.9 Å². The van der Waals surface area contributed by atoms with E-state index in [-0.39, 0.29) is 11.3 Å². The number of piperidine rings is 1. The number of carbonyl (C=O) groups excluding carboxylic acids is 1. The number of likely N-dealkylation sites (tertiary alicyclic amines) is 1. The van der Waals surface area contributed by atoms with Crippen LogP contribution in [0.3, 0.4) is 0 Å². The Hall–Kier alpha value is -0.710. The molecule has 2 aliphatic rings. The summed E-state index contributed by atoms with van der Waals surface area (Å²) >= 11 is 1.74. The van der Waals surface area contributed by atoms with Gasteiger partial charge in [0.05, 0.1) is 0 Å². The highest BCUT2D eigenvalue weighted by molar-refractivity contribution is 8.13. The van der Waals surface area contributed by atoms with Crippen LogP contribution in [0.1, 0.15) is 46.5 Å². The van der Waals surface area contributed by atoms with Crippen molar-refractivity contribution in [3.05, 3.63) is 0 Å². The number of amidine groups is 1. The fourth-order valence-corrected chi connectivity index (χ4v) is 3.59. The maximum absolute atomic E-state index is 12.1. The van der Waals surface area contributed by atoms with Crippen molar-refractivity contribution in [3.8, 4) is 0 Å². The van der Waals surface area contributed by atoms with E-state index in [1.165, 1.54) is 6.42 Å². The number of amides is 1. The summed E-state index contributed by atoms with van der Waals surface area (Å²) in [7, 11) is 0. The second-order valence-corrected chi connectivity index (χ2v) is 7.85. The first-order chi connectivity index (χ1) is 9.47. The molecule has 4 nitrogen and oxygen atoms in total. The molecule has 114 valence electrons. The molecule has 20 heavy (non-hydrogen) atoms. The largest absolute Gasteiger partial charge is 0.362 e. The molecule has 0 aliphatic carbocycles. The molecule has 0 spiro atoms. The molecule has 0 bridgehead atoms. The maximum Gasteiger partial charge on any atom is 0.244 e. The van der Waals surface area contributed by atoms with Crippen LogP contribution in [0, 0.1) is 5.41 Å². The molecule has 1 amide bonds. The molecule has 0 aromatic heterocycles. The quantitative estimate of drug-likeness (QED) is 0.852. The summed E-state index contributed by atoms with van der Waals surface area (Å²) in [5.74, 6) is 1.27. The summed E-state index contributed by atoms with van der Waals surface area (Å²) in [5, 5.41) is 4.44. The molecule has 1 N–H and O–H groups in total. The lowest BCUT2D eigenvalue weighted by molar-refractivity contribution is -0.130. The van der Waals surface area contributed by atoms with Gasteiger partial charge in [-0.2, -0.15) is 0 Å². The van der Waals surface area contributed by atoms with E-state index in [2.05, 4.69) is 31.1 Å². The minimum Gasteiger partial charge on any atom is -0.362 e. The topological polar surface area (TPSA) is 44.7 Å². The van der Waals surface area contributed by atoms with E-state index in [1.807, 2.05) is 4.90 Å². The summed E-state index contributed by atoms with van der Waals surface area (Å²) in [6.07, 6.45) is 4.69. The summed E-state index contributed by atoms with van der Waals surface area (Å²) in [6, 6.07) is 0.451. The van der Waals surface area contributed by atoms with Crippen LogP contribution >= 0.6 is 11.8 Å². The van der Waals surface area contributed by atoms with Gasteiger partial charge in [-0.3, -0.25) is 9.79 Å². The predicted molar refractivity (Wildman–Crippen MR) is 86.2 cm³/mol. The third-order valence-corrected chi connectivity index (χ3v) is 5.02. The lowest BCUT2D eigenvalue weighted by atomic mass is 9.85. The molecule has 5 heteroatoms. The summed E-state index contributed by atoms with van der Waals surface area (Å²) in [5.41, 5.74) is 0.235. The van der Waals surface area contributed by atoms with Crippen LogP contribution in [0.5, 0.6) is 0 Å². The molecule has 1 unspecified atom stereocenters. The number of nitrogens with one attached hydrogen (secondary N) is 1. The average Bonchev–Trinajstić information content (AvgIpc) is 2.45. The van der Waals surface area contributed by atoms with Gasteiger partial charge in [0.15, 0.2) is 5.17 Å². The molecule has 1 atom stereocenters. The third-order valence-electron chi connectivity index (χ3n) is 4.06. The predicted octanol–water partition coefficient (Wildman–Crippen LogP) is 2.50. The van der Waals surface area contributed by atoms with E-state index >= 15 is 0 Å². The summed E-state index contributed by atoms with van der Waals surface area (Å²) < 4.78 is 0. The Kier molecular flexibility index (Phi) is 5.35. The van der Waals surface area contributed by atoms with Crippen LogP contribution in [0.25, 0.3) is 0 Å². The number of nitrogens with zero attached hydrogens (tertiary/aromatic N) is 2. The van der Waals surface area contributed by atoms with E-state index in [0.717, 1.165) is 43.3 Å². The fraction of sp³-hybridized carbons (Fsp3) is 0.867. The van der Waals surface area contributed by atoms with Gasteiger partial charge in [0.25, 0.3) is 0 Å². The Balaban J connectivity index is 1.85. The molecular formula is C15H27N3OS. The Morgan fingerprint density at radius 2 is 2.05 bits per heavy atom. The lowest BCUT2D eigenvalue weighted by Crippen LogP contribution is -2.46. The number of carbonyl (C=O) groups is 1. The number of aliphatic imine (C=N–C) groups is 1. The normalized spacial score (nSPS) is 26.4. The van der Waals surface area contributed by atoms with Crippen molar-refractivity contribution >= 4 is 22.8 Å². The highest BCUT2D eigenvalue weighted by atomic mass is 32.2. The van der Waals surface area contributed by atoms with Crippen molar-refractivity contribution in [3.63, 3.8) is 0 Å². The van der Waals surface area contributed by atoms with Gasteiger partial charge < -0.3 is 10.2 Å². The van der Waals surface area contributed by atoms with Gasteiger partial charge >= 0.3 is 0 Å². The molecule has 0 saturated carbocycles. The molecule has 2 aliphatic heterocycles. The van der Waals surface area contributed by atoms with Gasteiger partial charge in [-0.05, 0) is 31.1 Å². The fourth-order valence-electron chi connectivity index (χ4n) is 2.66. The van der Waals surface area contributed by atoms with Crippen LogP contribution in [-0.2, 0) is 4.79 Å². The van der Waals surface area contributed by atoms with Crippen LogP contribution < -0.4 is 5.32 Å². The van der Waals surface area contributed by atoms with Crippen LogP contribution in [-0.4, -0.2) is 47.4 Å². The van der Waals surface area contributed by atoms with E-state index in [4.69, 9.17) is 0 Å². The smallest absolute Gasteiger partial charge is 0.244 e. The summed E-state index contributed by atoms with van der Waals surface area (Å²) in [6.45, 7) is 8.86. The SMILES string of the molecule is CC(C)(C)C1CCSC(=NCC(=O)N2CCCCC2)N1. The first-order valence-corrected chi connectivity index (χ1v) is 8.67. The lowest BCUT2D eigenvalue weighted by Gasteiger charge is -2.35. The second kappa shape index (κ2) is 6.83. The first-order valence-electron chi connectivity index (χ1n) is 7.68. The Morgan fingerprint density at radius 1 is 1.35 bits per heavy atom. The Morgan fingerprint density at radius 3 is 2.70 bits per heavy atom. The highest BCUT2D eigenvalue weighted by Crippen LogP contribution is 2.27. The average molecular weight is 297 g/mol. The Labute approximate surface area is 126 Å². The molecule has 2 heterocycles. The van der Waals surface area contributed by atoms with Crippen LogP contribution in [0.4, 0.5) is 0 Å².